The molecular formula is C16H22N2O4. The van der Waals surface area contributed by atoms with Crippen molar-refractivity contribution < 1.29 is 14.5 Å². The Morgan fingerprint density at radius 2 is 2.05 bits per heavy atom. The zero-order valence-electron chi connectivity index (χ0n) is 13.0. The predicted octanol–water partition coefficient (Wildman–Crippen LogP) is 3.06. The van der Waals surface area contributed by atoms with Crippen LogP contribution in [-0.2, 0) is 4.79 Å². The minimum Gasteiger partial charge on any atom is -0.474 e. The maximum absolute atomic E-state index is 12.2. The van der Waals surface area contributed by atoms with Gasteiger partial charge in [-0.25, -0.2) is 0 Å². The van der Waals surface area contributed by atoms with Crippen molar-refractivity contribution in [3.05, 3.63) is 34.4 Å². The Morgan fingerprint density at radius 1 is 1.36 bits per heavy atom. The number of benzene rings is 1. The summed E-state index contributed by atoms with van der Waals surface area (Å²) in [5, 5.41) is 14.0. The third kappa shape index (κ3) is 3.96. The molecule has 0 spiro atoms. The standard InChI is InChI=1S/C16H22N2O4/c1-11-7-3-4-8-13(11)17-16(19)12(2)22-15-10-6-5-9-14(15)18(20)21/h5-6,9-13H,3-4,7-8H2,1-2H3,(H,17,19)/t11-,12-,13-/m1/s1. The van der Waals surface area contributed by atoms with Crippen LogP contribution in [0.5, 0.6) is 5.75 Å². The number of hydrogen-bond donors (Lipinski definition) is 1. The maximum Gasteiger partial charge on any atom is 0.310 e. The summed E-state index contributed by atoms with van der Waals surface area (Å²) in [6.07, 6.45) is 3.65. The lowest BCUT2D eigenvalue weighted by atomic mass is 9.86. The summed E-state index contributed by atoms with van der Waals surface area (Å²) in [5.74, 6) is 0.347. The van der Waals surface area contributed by atoms with E-state index in [4.69, 9.17) is 4.74 Å². The van der Waals surface area contributed by atoms with Gasteiger partial charge in [0.2, 0.25) is 0 Å². The van der Waals surface area contributed by atoms with Gasteiger partial charge in [0.1, 0.15) is 0 Å². The summed E-state index contributed by atoms with van der Waals surface area (Å²) >= 11 is 0. The van der Waals surface area contributed by atoms with Crippen molar-refractivity contribution in [2.75, 3.05) is 0 Å². The predicted molar refractivity (Wildman–Crippen MR) is 82.7 cm³/mol. The molecule has 1 saturated carbocycles. The first-order valence-electron chi connectivity index (χ1n) is 7.69. The highest BCUT2D eigenvalue weighted by molar-refractivity contribution is 5.81. The third-order valence-electron chi connectivity index (χ3n) is 4.17. The molecule has 6 heteroatoms. The van der Waals surface area contributed by atoms with Crippen molar-refractivity contribution in [3.8, 4) is 5.75 Å². The third-order valence-corrected chi connectivity index (χ3v) is 4.17. The first-order valence-corrected chi connectivity index (χ1v) is 7.69. The number of amides is 1. The average molecular weight is 306 g/mol. The van der Waals surface area contributed by atoms with Crippen LogP contribution in [-0.4, -0.2) is 23.0 Å². The lowest BCUT2D eigenvalue weighted by Crippen LogP contribution is -2.46. The molecule has 1 aromatic rings. The highest BCUT2D eigenvalue weighted by Gasteiger charge is 2.26. The van der Waals surface area contributed by atoms with Crippen LogP contribution in [0.25, 0.3) is 0 Å². The van der Waals surface area contributed by atoms with Crippen LogP contribution in [0.1, 0.15) is 39.5 Å². The lowest BCUT2D eigenvalue weighted by Gasteiger charge is -2.30. The number of nitro groups is 1. The minimum atomic E-state index is -0.768. The Balaban J connectivity index is 1.98. The number of ether oxygens (including phenoxy) is 1. The second-order valence-corrected chi connectivity index (χ2v) is 5.86. The SMILES string of the molecule is C[C@@H]1CCCC[C@H]1NC(=O)[C@@H](C)Oc1ccccc1[N+](=O)[O-]. The summed E-state index contributed by atoms with van der Waals surface area (Å²) in [6, 6.07) is 6.25. The molecular weight excluding hydrogens is 284 g/mol. The van der Waals surface area contributed by atoms with Gasteiger partial charge in [0.25, 0.3) is 5.91 Å². The van der Waals surface area contributed by atoms with Crippen molar-refractivity contribution in [1.29, 1.82) is 0 Å². The number of nitro benzene ring substituents is 1. The molecule has 0 saturated heterocycles. The van der Waals surface area contributed by atoms with Gasteiger partial charge in [-0.3, -0.25) is 14.9 Å². The van der Waals surface area contributed by atoms with E-state index in [9.17, 15) is 14.9 Å². The Bertz CT molecular complexity index is 547. The Kier molecular flexibility index (Phi) is 5.35. The number of para-hydroxylation sites is 2. The van der Waals surface area contributed by atoms with Gasteiger partial charge in [0.05, 0.1) is 4.92 Å². The topological polar surface area (TPSA) is 81.5 Å². The van der Waals surface area contributed by atoms with Gasteiger partial charge in [-0.2, -0.15) is 0 Å². The highest BCUT2D eigenvalue weighted by atomic mass is 16.6. The van der Waals surface area contributed by atoms with Crippen molar-refractivity contribution >= 4 is 11.6 Å². The molecule has 0 bridgehead atoms. The quantitative estimate of drug-likeness (QED) is 0.669. The fraction of sp³-hybridized carbons (Fsp3) is 0.562. The molecule has 0 aromatic heterocycles. The van der Waals surface area contributed by atoms with E-state index in [1.807, 2.05) is 0 Å². The molecule has 1 aromatic carbocycles. The van der Waals surface area contributed by atoms with Gasteiger partial charge in [-0.1, -0.05) is 31.9 Å². The summed E-state index contributed by atoms with van der Waals surface area (Å²) in [4.78, 5) is 22.7. The molecule has 1 N–H and O–H groups in total. The van der Waals surface area contributed by atoms with E-state index in [-0.39, 0.29) is 23.4 Å². The van der Waals surface area contributed by atoms with Crippen LogP contribution in [0.2, 0.25) is 0 Å². The van der Waals surface area contributed by atoms with E-state index in [1.165, 1.54) is 18.6 Å². The molecule has 0 radical (unpaired) electrons. The van der Waals surface area contributed by atoms with Gasteiger partial charge >= 0.3 is 5.69 Å². The van der Waals surface area contributed by atoms with Crippen LogP contribution >= 0.6 is 0 Å². The van der Waals surface area contributed by atoms with Crippen LogP contribution in [0, 0.1) is 16.0 Å². The molecule has 0 aliphatic heterocycles. The van der Waals surface area contributed by atoms with Gasteiger partial charge in [-0.15, -0.1) is 0 Å². The van der Waals surface area contributed by atoms with E-state index in [0.29, 0.717) is 5.92 Å². The Morgan fingerprint density at radius 3 is 2.73 bits per heavy atom. The highest BCUT2D eigenvalue weighted by Crippen LogP contribution is 2.27. The molecule has 0 unspecified atom stereocenters. The van der Waals surface area contributed by atoms with Crippen LogP contribution in [0.4, 0.5) is 5.69 Å². The number of hydrogen-bond acceptors (Lipinski definition) is 4. The van der Waals surface area contributed by atoms with Gasteiger partial charge in [-0.05, 0) is 31.7 Å². The number of rotatable bonds is 5. The number of carbonyl (C=O) groups is 1. The Hall–Kier alpha value is -2.11. The monoisotopic (exact) mass is 306 g/mol. The van der Waals surface area contributed by atoms with Crippen molar-refractivity contribution in [3.63, 3.8) is 0 Å². The molecule has 0 heterocycles. The molecule has 120 valence electrons. The maximum atomic E-state index is 12.2. The van der Waals surface area contributed by atoms with E-state index in [0.717, 1.165) is 19.3 Å². The van der Waals surface area contributed by atoms with Crippen molar-refractivity contribution in [2.45, 2.75) is 51.7 Å². The second-order valence-electron chi connectivity index (χ2n) is 5.86. The molecule has 1 fully saturated rings. The number of carbonyl (C=O) groups excluding carboxylic acids is 1. The van der Waals surface area contributed by atoms with Crippen molar-refractivity contribution in [2.24, 2.45) is 5.92 Å². The van der Waals surface area contributed by atoms with Gasteiger partial charge in [0.15, 0.2) is 11.9 Å². The summed E-state index contributed by atoms with van der Waals surface area (Å²) in [7, 11) is 0. The van der Waals surface area contributed by atoms with E-state index in [1.54, 1.807) is 19.1 Å². The smallest absolute Gasteiger partial charge is 0.310 e. The molecule has 1 aliphatic carbocycles. The number of nitrogens with one attached hydrogen (secondary N) is 1. The zero-order chi connectivity index (χ0) is 16.1. The van der Waals surface area contributed by atoms with Crippen LogP contribution in [0.15, 0.2) is 24.3 Å². The molecule has 1 aliphatic rings. The van der Waals surface area contributed by atoms with Gasteiger partial charge < -0.3 is 10.1 Å². The fourth-order valence-corrected chi connectivity index (χ4v) is 2.78. The van der Waals surface area contributed by atoms with Crippen molar-refractivity contribution in [1.82, 2.24) is 5.32 Å². The average Bonchev–Trinajstić information content (AvgIpc) is 2.49. The zero-order valence-corrected chi connectivity index (χ0v) is 13.0. The van der Waals surface area contributed by atoms with E-state index in [2.05, 4.69) is 12.2 Å². The minimum absolute atomic E-state index is 0.117. The van der Waals surface area contributed by atoms with E-state index < -0.39 is 11.0 Å². The summed E-state index contributed by atoms with van der Waals surface area (Å²) < 4.78 is 5.49. The molecule has 6 nitrogen and oxygen atoms in total. The molecule has 3 atom stereocenters. The van der Waals surface area contributed by atoms with Gasteiger partial charge in [0, 0.05) is 12.1 Å². The van der Waals surface area contributed by atoms with Crippen LogP contribution in [0.3, 0.4) is 0 Å². The first-order chi connectivity index (χ1) is 10.5. The lowest BCUT2D eigenvalue weighted by molar-refractivity contribution is -0.386. The summed E-state index contributed by atoms with van der Waals surface area (Å²) in [6.45, 7) is 3.75. The number of nitrogens with zero attached hydrogens (tertiary/aromatic N) is 1. The second kappa shape index (κ2) is 7.24. The fourth-order valence-electron chi connectivity index (χ4n) is 2.78. The summed E-state index contributed by atoms with van der Waals surface area (Å²) in [5.41, 5.74) is -0.131. The molecule has 1 amide bonds. The first kappa shape index (κ1) is 16.3. The molecule has 2 rings (SSSR count). The molecule has 22 heavy (non-hydrogen) atoms. The van der Waals surface area contributed by atoms with Crippen LogP contribution < -0.4 is 10.1 Å². The normalized spacial score (nSPS) is 22.6. The Labute approximate surface area is 130 Å². The van der Waals surface area contributed by atoms with E-state index >= 15 is 0 Å². The largest absolute Gasteiger partial charge is 0.474 e.